The number of carbonyl (C=O) groups is 1. The Morgan fingerprint density at radius 2 is 1.88 bits per heavy atom. The fourth-order valence-electron chi connectivity index (χ4n) is 3.26. The summed E-state index contributed by atoms with van der Waals surface area (Å²) in [5.41, 5.74) is 1.75. The molecule has 0 radical (unpaired) electrons. The topological polar surface area (TPSA) is 42.4 Å². The van der Waals surface area contributed by atoms with Crippen molar-refractivity contribution in [3.05, 3.63) is 41.4 Å². The van der Waals surface area contributed by atoms with Crippen LogP contribution in [0.5, 0.6) is 0 Å². The maximum atomic E-state index is 13.2. The third-order valence-electron chi connectivity index (χ3n) is 4.58. The zero-order valence-electron chi connectivity index (χ0n) is 15.0. The summed E-state index contributed by atoms with van der Waals surface area (Å²) in [4.78, 5) is 19.4. The lowest BCUT2D eigenvalue weighted by atomic mass is 10.1. The predicted molar refractivity (Wildman–Crippen MR) is 102 cm³/mol. The van der Waals surface area contributed by atoms with Crippen molar-refractivity contribution in [2.75, 3.05) is 4.90 Å². The van der Waals surface area contributed by atoms with E-state index in [4.69, 9.17) is 4.74 Å². The average Bonchev–Trinajstić information content (AvgIpc) is 2.88. The Bertz CT molecular complexity index is 678. The molecule has 2 aromatic rings. The second kappa shape index (κ2) is 8.59. The minimum atomic E-state index is -0.479. The molecular formula is C20H26N2O2S. The average molecular weight is 359 g/mol. The molecule has 25 heavy (non-hydrogen) atoms. The van der Waals surface area contributed by atoms with Crippen molar-refractivity contribution in [1.82, 2.24) is 4.98 Å². The summed E-state index contributed by atoms with van der Waals surface area (Å²) >= 11 is 1.49. The highest BCUT2D eigenvalue weighted by molar-refractivity contribution is 7.14. The fraction of sp³-hybridized carbons (Fsp3) is 0.500. The molecular weight excluding hydrogens is 332 g/mol. The molecule has 5 heteroatoms. The molecule has 1 aliphatic carbocycles. The molecule has 0 N–H and O–H groups in total. The summed E-state index contributed by atoms with van der Waals surface area (Å²) in [7, 11) is 0. The molecule has 134 valence electrons. The lowest BCUT2D eigenvalue weighted by Gasteiger charge is -2.26. The van der Waals surface area contributed by atoms with Crippen LogP contribution in [0, 0.1) is 6.92 Å². The van der Waals surface area contributed by atoms with E-state index >= 15 is 0 Å². The molecule has 1 amide bonds. The van der Waals surface area contributed by atoms with Crippen LogP contribution in [-0.2, 0) is 9.53 Å². The van der Waals surface area contributed by atoms with Gasteiger partial charge in [0.05, 0.1) is 17.5 Å². The zero-order chi connectivity index (χ0) is 17.6. The van der Waals surface area contributed by atoms with E-state index in [1.54, 1.807) is 4.90 Å². The number of rotatable bonds is 5. The maximum absolute atomic E-state index is 13.2. The van der Waals surface area contributed by atoms with Gasteiger partial charge < -0.3 is 4.74 Å². The minimum absolute atomic E-state index is 0.0511. The molecule has 0 spiro atoms. The number of thiazole rings is 1. The molecule has 1 aromatic carbocycles. The monoisotopic (exact) mass is 358 g/mol. The summed E-state index contributed by atoms with van der Waals surface area (Å²) in [6, 6.07) is 9.70. The molecule has 1 aliphatic rings. The first-order valence-electron chi connectivity index (χ1n) is 9.12. The van der Waals surface area contributed by atoms with Gasteiger partial charge in [-0.15, -0.1) is 11.3 Å². The standard InChI is InChI=1S/C20H26N2O2S/c1-15-14-25-20(21-15)22(17-10-6-5-7-11-17)19(23)16(2)24-18-12-8-3-4-9-13-18/h5-7,10-11,14,16,18H,3-4,8-9,12-13H2,1-2H3/t16-/m1/s1. The second-order valence-corrected chi connectivity index (χ2v) is 7.51. The molecule has 0 bridgehead atoms. The lowest BCUT2D eigenvalue weighted by molar-refractivity contribution is -0.132. The second-order valence-electron chi connectivity index (χ2n) is 6.67. The normalized spacial score (nSPS) is 17.0. The van der Waals surface area contributed by atoms with Crippen molar-refractivity contribution in [3.63, 3.8) is 0 Å². The third kappa shape index (κ3) is 4.67. The van der Waals surface area contributed by atoms with Gasteiger partial charge in [0.2, 0.25) is 0 Å². The van der Waals surface area contributed by atoms with Crippen LogP contribution < -0.4 is 4.90 Å². The van der Waals surface area contributed by atoms with Crippen molar-refractivity contribution in [2.45, 2.75) is 64.6 Å². The lowest BCUT2D eigenvalue weighted by Crippen LogP contribution is -2.38. The van der Waals surface area contributed by atoms with Gasteiger partial charge in [0.1, 0.15) is 6.10 Å². The van der Waals surface area contributed by atoms with Crippen LogP contribution in [0.1, 0.15) is 51.1 Å². The minimum Gasteiger partial charge on any atom is -0.365 e. The number of aryl methyl sites for hydroxylation is 1. The number of hydrogen-bond donors (Lipinski definition) is 0. The van der Waals surface area contributed by atoms with Gasteiger partial charge in [0, 0.05) is 5.38 Å². The van der Waals surface area contributed by atoms with Gasteiger partial charge in [0.15, 0.2) is 5.13 Å². The molecule has 0 aliphatic heterocycles. The van der Waals surface area contributed by atoms with Crippen LogP contribution in [-0.4, -0.2) is 23.1 Å². The van der Waals surface area contributed by atoms with Crippen LogP contribution in [0.3, 0.4) is 0 Å². The first-order chi connectivity index (χ1) is 12.1. The van der Waals surface area contributed by atoms with Crippen molar-refractivity contribution in [3.8, 4) is 0 Å². The van der Waals surface area contributed by atoms with E-state index in [-0.39, 0.29) is 12.0 Å². The van der Waals surface area contributed by atoms with Gasteiger partial charge in [-0.3, -0.25) is 9.69 Å². The molecule has 1 atom stereocenters. The van der Waals surface area contributed by atoms with Gasteiger partial charge in [-0.05, 0) is 38.8 Å². The number of carbonyl (C=O) groups excluding carboxylic acids is 1. The van der Waals surface area contributed by atoms with Crippen LogP contribution in [0.15, 0.2) is 35.7 Å². The predicted octanol–water partition coefficient (Wildman–Crippen LogP) is 5.24. The molecule has 1 aromatic heterocycles. The number of para-hydroxylation sites is 1. The highest BCUT2D eigenvalue weighted by Crippen LogP contribution is 2.30. The third-order valence-corrected chi connectivity index (χ3v) is 5.52. The van der Waals surface area contributed by atoms with Crippen molar-refractivity contribution in [2.24, 2.45) is 0 Å². The van der Waals surface area contributed by atoms with Gasteiger partial charge in [-0.1, -0.05) is 43.9 Å². The zero-order valence-corrected chi connectivity index (χ0v) is 15.8. The number of ether oxygens (including phenoxy) is 1. The quantitative estimate of drug-likeness (QED) is 0.686. The number of amides is 1. The van der Waals surface area contributed by atoms with Crippen LogP contribution >= 0.6 is 11.3 Å². The smallest absolute Gasteiger partial charge is 0.262 e. The molecule has 1 fully saturated rings. The summed E-state index contributed by atoms with van der Waals surface area (Å²) < 4.78 is 6.15. The number of nitrogens with zero attached hydrogens (tertiary/aromatic N) is 2. The van der Waals surface area contributed by atoms with E-state index in [0.717, 1.165) is 24.2 Å². The van der Waals surface area contributed by atoms with Crippen LogP contribution in [0.4, 0.5) is 10.8 Å². The highest BCUT2D eigenvalue weighted by Gasteiger charge is 2.28. The van der Waals surface area contributed by atoms with Crippen molar-refractivity contribution >= 4 is 28.1 Å². The van der Waals surface area contributed by atoms with Gasteiger partial charge in [-0.2, -0.15) is 0 Å². The highest BCUT2D eigenvalue weighted by atomic mass is 32.1. The Morgan fingerprint density at radius 3 is 2.48 bits per heavy atom. The van der Waals surface area contributed by atoms with Gasteiger partial charge in [-0.25, -0.2) is 4.98 Å². The Kier molecular flexibility index (Phi) is 6.21. The number of benzene rings is 1. The molecule has 3 rings (SSSR count). The molecule has 1 saturated carbocycles. The SMILES string of the molecule is Cc1csc(N(C(=O)[C@@H](C)OC2CCCCCC2)c2ccccc2)n1. The van der Waals surface area contributed by atoms with Crippen LogP contribution in [0.25, 0.3) is 0 Å². The van der Waals surface area contributed by atoms with Gasteiger partial charge >= 0.3 is 0 Å². The summed E-state index contributed by atoms with van der Waals surface area (Å²) in [5.74, 6) is -0.0511. The Balaban J connectivity index is 1.78. The first kappa shape index (κ1) is 18.1. The van der Waals surface area contributed by atoms with Crippen molar-refractivity contribution in [1.29, 1.82) is 0 Å². The Labute approximate surface area is 153 Å². The Morgan fingerprint density at radius 1 is 1.20 bits per heavy atom. The summed E-state index contributed by atoms with van der Waals surface area (Å²) in [6.07, 6.45) is 6.76. The Hall–Kier alpha value is -1.72. The number of aromatic nitrogens is 1. The molecule has 0 saturated heterocycles. The van der Waals surface area contributed by atoms with Crippen molar-refractivity contribution < 1.29 is 9.53 Å². The van der Waals surface area contributed by atoms with Crippen LogP contribution in [0.2, 0.25) is 0 Å². The van der Waals surface area contributed by atoms with Gasteiger partial charge in [0.25, 0.3) is 5.91 Å². The number of anilines is 2. The first-order valence-corrected chi connectivity index (χ1v) is 9.99. The maximum Gasteiger partial charge on any atom is 0.262 e. The molecule has 4 nitrogen and oxygen atoms in total. The summed E-state index contributed by atoms with van der Waals surface area (Å²) in [6.45, 7) is 3.81. The van der Waals surface area contributed by atoms with E-state index in [0.29, 0.717) is 5.13 Å². The summed E-state index contributed by atoms with van der Waals surface area (Å²) in [5, 5.41) is 2.67. The largest absolute Gasteiger partial charge is 0.365 e. The molecule has 1 heterocycles. The van der Waals surface area contributed by atoms with E-state index in [2.05, 4.69) is 4.98 Å². The van der Waals surface area contributed by atoms with E-state index in [9.17, 15) is 4.79 Å². The fourth-order valence-corrected chi connectivity index (χ4v) is 4.09. The van der Waals surface area contributed by atoms with E-state index < -0.39 is 6.10 Å². The molecule has 0 unspecified atom stereocenters. The number of hydrogen-bond acceptors (Lipinski definition) is 4. The van der Waals surface area contributed by atoms with E-state index in [1.807, 2.05) is 49.6 Å². The van der Waals surface area contributed by atoms with E-state index in [1.165, 1.54) is 37.0 Å².